The monoisotopic (exact) mass is 330 g/mol. The molecule has 0 radical (unpaired) electrons. The summed E-state index contributed by atoms with van der Waals surface area (Å²) < 4.78 is 40.1. The lowest BCUT2D eigenvalue weighted by Crippen LogP contribution is -2.67. The molecule has 0 unspecified atom stereocenters. The second-order valence-corrected chi connectivity index (χ2v) is 6.32. The summed E-state index contributed by atoms with van der Waals surface area (Å²) in [6.45, 7) is 7.22. The molecule has 0 bridgehead atoms. The number of halogens is 3. The van der Waals surface area contributed by atoms with Crippen molar-refractivity contribution in [3.05, 3.63) is 42.1 Å². The summed E-state index contributed by atoms with van der Waals surface area (Å²) in [7, 11) is 0. The molecule has 1 aliphatic heterocycles. The van der Waals surface area contributed by atoms with Gasteiger partial charge in [-0.2, -0.15) is 0 Å². The molecule has 0 aliphatic carbocycles. The molecule has 0 spiro atoms. The van der Waals surface area contributed by atoms with Gasteiger partial charge in [-0.25, -0.2) is 0 Å². The third kappa shape index (κ3) is 10.4. The third-order valence-electron chi connectivity index (χ3n) is 2.27. The van der Waals surface area contributed by atoms with E-state index in [0.717, 1.165) is 5.56 Å². The summed E-state index contributed by atoms with van der Waals surface area (Å²) in [4.78, 5) is 5.92. The smallest absolute Gasteiger partial charge is 0.406 e. The van der Waals surface area contributed by atoms with Crippen LogP contribution in [0.3, 0.4) is 0 Å². The highest BCUT2D eigenvalue weighted by Gasteiger charge is 2.31. The van der Waals surface area contributed by atoms with E-state index in [9.17, 15) is 13.2 Å². The molecule has 128 valence electrons. The van der Waals surface area contributed by atoms with Gasteiger partial charge in [-0.3, -0.25) is 4.99 Å². The Kier molecular flexibility index (Phi) is 6.62. The van der Waals surface area contributed by atoms with Gasteiger partial charge in [0.15, 0.2) is 0 Å². The summed E-state index contributed by atoms with van der Waals surface area (Å²) >= 11 is 0. The largest absolute Gasteiger partial charge is 0.573 e. The molecule has 1 aromatic rings. The molecular formula is C16H23F3N3O+. The first kappa shape index (κ1) is 19.0. The van der Waals surface area contributed by atoms with Gasteiger partial charge < -0.3 is 15.4 Å². The minimum Gasteiger partial charge on any atom is -0.406 e. The van der Waals surface area contributed by atoms with Crippen molar-refractivity contribution in [3.63, 3.8) is 0 Å². The van der Waals surface area contributed by atoms with Crippen LogP contribution in [0, 0.1) is 0 Å². The maximum Gasteiger partial charge on any atom is 0.573 e. The van der Waals surface area contributed by atoms with Crippen LogP contribution in [0.1, 0.15) is 26.3 Å². The number of quaternary nitrogens is 1. The average molecular weight is 330 g/mol. The molecule has 0 saturated heterocycles. The summed E-state index contributed by atoms with van der Waals surface area (Å²) in [5.74, 6) is -0.204. The fourth-order valence-corrected chi connectivity index (χ4v) is 1.60. The van der Waals surface area contributed by atoms with Crippen molar-refractivity contribution in [2.24, 2.45) is 4.99 Å². The predicted molar refractivity (Wildman–Crippen MR) is 83.8 cm³/mol. The first-order valence-electron chi connectivity index (χ1n) is 7.14. The molecule has 7 heteroatoms. The van der Waals surface area contributed by atoms with Gasteiger partial charge in [-0.1, -0.05) is 12.1 Å². The molecule has 2 rings (SSSR count). The molecule has 0 aromatic heterocycles. The Balaban J connectivity index is 0.000000463. The van der Waals surface area contributed by atoms with Crippen LogP contribution in [0.5, 0.6) is 5.75 Å². The number of allylic oxidation sites excluding steroid dienone is 1. The van der Waals surface area contributed by atoms with Crippen molar-refractivity contribution in [1.29, 1.82) is 0 Å². The predicted octanol–water partition coefficient (Wildman–Crippen LogP) is 2.97. The molecule has 4 nitrogen and oxygen atoms in total. The van der Waals surface area contributed by atoms with Gasteiger partial charge >= 0.3 is 6.36 Å². The molecule has 1 aliphatic rings. The Hall–Kier alpha value is -2.02. The number of alkyl halides is 3. The minimum absolute atomic E-state index is 0.204. The van der Waals surface area contributed by atoms with Crippen molar-refractivity contribution < 1.29 is 23.6 Å². The number of hydrogen-bond donors (Lipinski definition) is 1. The van der Waals surface area contributed by atoms with Crippen LogP contribution in [0.4, 0.5) is 13.2 Å². The number of benzene rings is 1. The zero-order valence-corrected chi connectivity index (χ0v) is 13.6. The van der Waals surface area contributed by atoms with Gasteiger partial charge in [0.25, 0.3) is 0 Å². The van der Waals surface area contributed by atoms with E-state index in [1.165, 1.54) is 18.2 Å². The van der Waals surface area contributed by atoms with Crippen LogP contribution in [0.2, 0.25) is 0 Å². The first-order valence-corrected chi connectivity index (χ1v) is 7.14. The summed E-state index contributed by atoms with van der Waals surface area (Å²) in [5, 5.41) is 0. The fourth-order valence-electron chi connectivity index (χ4n) is 1.60. The van der Waals surface area contributed by atoms with Crippen LogP contribution in [0.25, 0.3) is 0 Å². The maximum absolute atomic E-state index is 12.1. The highest BCUT2D eigenvalue weighted by atomic mass is 19.4. The van der Waals surface area contributed by atoms with E-state index in [4.69, 9.17) is 0 Å². The lowest BCUT2D eigenvalue weighted by atomic mass is 10.1. The van der Waals surface area contributed by atoms with Gasteiger partial charge in [-0.15, -0.1) is 13.2 Å². The quantitative estimate of drug-likeness (QED) is 0.926. The molecular weight excluding hydrogens is 307 g/mol. The summed E-state index contributed by atoms with van der Waals surface area (Å²) in [6.07, 6.45) is 0.636. The van der Waals surface area contributed by atoms with Crippen LogP contribution in [-0.2, 0) is 6.54 Å². The molecule has 1 heterocycles. The average Bonchev–Trinajstić information content (AvgIpc) is 2.36. The lowest BCUT2D eigenvalue weighted by molar-refractivity contribution is -0.458. The highest BCUT2D eigenvalue weighted by Crippen LogP contribution is 2.23. The number of hydrogen-bond acceptors (Lipinski definition) is 3. The van der Waals surface area contributed by atoms with Gasteiger partial charge in [0.2, 0.25) is 0 Å². The highest BCUT2D eigenvalue weighted by molar-refractivity contribution is 5.71. The third-order valence-corrected chi connectivity index (χ3v) is 2.27. The van der Waals surface area contributed by atoms with Gasteiger partial charge in [-0.05, 0) is 44.5 Å². The Morgan fingerprint density at radius 1 is 1.26 bits per heavy atom. The molecule has 0 fully saturated rings. The van der Waals surface area contributed by atoms with E-state index in [-0.39, 0.29) is 11.3 Å². The van der Waals surface area contributed by atoms with Gasteiger partial charge in [0.1, 0.15) is 12.4 Å². The van der Waals surface area contributed by atoms with E-state index >= 15 is 0 Å². The van der Waals surface area contributed by atoms with Gasteiger partial charge in [0, 0.05) is 19.0 Å². The van der Waals surface area contributed by atoms with Gasteiger partial charge in [0.05, 0.1) is 5.54 Å². The number of ether oxygens (including phenoxy) is 1. The number of rotatable bonds is 3. The second kappa shape index (κ2) is 8.01. The van der Waals surface area contributed by atoms with Crippen molar-refractivity contribution in [3.8, 4) is 5.75 Å². The summed E-state index contributed by atoms with van der Waals surface area (Å²) in [6, 6.07) is 5.93. The van der Waals surface area contributed by atoms with Crippen molar-refractivity contribution in [1.82, 2.24) is 4.90 Å². The Labute approximate surface area is 134 Å². The second-order valence-electron chi connectivity index (χ2n) is 6.32. The molecule has 0 atom stereocenters. The van der Waals surface area contributed by atoms with E-state index in [1.807, 2.05) is 11.1 Å². The zero-order chi connectivity index (χ0) is 17.5. The topological polar surface area (TPSA) is 52.5 Å². The van der Waals surface area contributed by atoms with Crippen molar-refractivity contribution in [2.75, 3.05) is 6.67 Å². The van der Waals surface area contributed by atoms with Crippen LogP contribution < -0.4 is 10.5 Å². The lowest BCUT2D eigenvalue weighted by Gasteiger charge is -2.20. The van der Waals surface area contributed by atoms with E-state index < -0.39 is 6.36 Å². The van der Waals surface area contributed by atoms with Crippen molar-refractivity contribution >= 4 is 6.21 Å². The van der Waals surface area contributed by atoms with E-state index in [2.05, 4.69) is 36.2 Å². The Morgan fingerprint density at radius 3 is 2.43 bits per heavy atom. The molecule has 3 N–H and O–H groups in total. The SMILES string of the molecule is CC(C)(C)[NH3+].FC(F)(F)Oc1cccc(CN2C=CC=NC2)c1. The van der Waals surface area contributed by atoms with E-state index in [0.29, 0.717) is 13.2 Å². The van der Waals surface area contributed by atoms with E-state index in [1.54, 1.807) is 18.4 Å². The van der Waals surface area contributed by atoms with Crippen LogP contribution in [0.15, 0.2) is 41.5 Å². The normalized spacial score (nSPS) is 14.3. The minimum atomic E-state index is -4.66. The van der Waals surface area contributed by atoms with Crippen LogP contribution >= 0.6 is 0 Å². The Morgan fingerprint density at radius 2 is 1.91 bits per heavy atom. The number of nitrogens with zero attached hydrogens (tertiary/aromatic N) is 2. The molecule has 0 saturated carbocycles. The molecule has 0 amide bonds. The molecule has 1 aromatic carbocycles. The molecule has 23 heavy (non-hydrogen) atoms. The fraction of sp³-hybridized carbons (Fsp3) is 0.438. The zero-order valence-electron chi connectivity index (χ0n) is 13.6. The van der Waals surface area contributed by atoms with Crippen molar-refractivity contribution in [2.45, 2.75) is 39.2 Å². The number of aliphatic imine (C=N–C) groups is 1. The Bertz CT molecular complexity index is 542. The first-order chi connectivity index (χ1) is 10.5. The standard InChI is InChI=1S/C12H11F3N2O.C4H11N/c13-12(14,15)18-11-4-1-3-10(7-11)8-17-6-2-5-16-9-17;1-4(2,3)5/h1-7H,8-9H2;5H2,1-3H3/p+1. The maximum atomic E-state index is 12.1. The van der Waals surface area contributed by atoms with Crippen LogP contribution in [-0.4, -0.2) is 29.7 Å². The summed E-state index contributed by atoms with van der Waals surface area (Å²) in [5.41, 5.74) is 4.76.